The summed E-state index contributed by atoms with van der Waals surface area (Å²) in [4.78, 5) is 10.6. The number of hydrogen-bond acceptors (Lipinski definition) is 4. The highest BCUT2D eigenvalue weighted by Gasteiger charge is 2.22. The average molecular weight is 435 g/mol. The molecule has 1 unspecified atom stereocenters. The number of halogens is 2. The van der Waals surface area contributed by atoms with Crippen molar-refractivity contribution in [2.45, 2.75) is 37.1 Å². The van der Waals surface area contributed by atoms with Crippen LogP contribution in [0, 0.1) is 0 Å². The molecule has 0 spiro atoms. The van der Waals surface area contributed by atoms with Crippen molar-refractivity contribution in [3.63, 3.8) is 0 Å². The predicted octanol–water partition coefficient (Wildman–Crippen LogP) is 3.19. The Morgan fingerprint density at radius 2 is 2.16 bits per heavy atom. The summed E-state index contributed by atoms with van der Waals surface area (Å²) < 4.78 is 28.0. The molecule has 0 fully saturated rings. The Bertz CT molecular complexity index is 556. The number of thiophene rings is 1. The third-order valence-electron chi connectivity index (χ3n) is 2.30. The van der Waals surface area contributed by atoms with Crippen LogP contribution >= 0.6 is 43.2 Å². The second kappa shape index (κ2) is 7.16. The average Bonchev–Trinajstić information content (AvgIpc) is 2.57. The second-order valence-electron chi connectivity index (χ2n) is 4.00. The summed E-state index contributed by atoms with van der Waals surface area (Å²) in [6.07, 6.45) is 0.960. The molecule has 1 atom stereocenters. The largest absolute Gasteiger partial charge is 0.481 e. The molecule has 9 heteroatoms. The Labute approximate surface area is 132 Å². The number of carboxylic acid groups (broad SMARTS) is 1. The fraction of sp³-hybridized carbons (Fsp3) is 0.500. The first-order valence-electron chi connectivity index (χ1n) is 5.41. The Morgan fingerprint density at radius 3 is 2.63 bits per heavy atom. The van der Waals surface area contributed by atoms with Gasteiger partial charge >= 0.3 is 5.97 Å². The van der Waals surface area contributed by atoms with Gasteiger partial charge in [0.25, 0.3) is 0 Å². The number of aliphatic carboxylic acids is 1. The van der Waals surface area contributed by atoms with Crippen LogP contribution in [0.25, 0.3) is 0 Å². The zero-order valence-corrected chi connectivity index (χ0v) is 14.8. The van der Waals surface area contributed by atoms with Crippen LogP contribution in [0.3, 0.4) is 0 Å². The first-order valence-corrected chi connectivity index (χ1v) is 9.30. The molecule has 108 valence electrons. The van der Waals surface area contributed by atoms with E-state index in [2.05, 4.69) is 36.6 Å². The lowest BCUT2D eigenvalue weighted by molar-refractivity contribution is -0.137. The highest BCUT2D eigenvalue weighted by atomic mass is 79.9. The van der Waals surface area contributed by atoms with Crippen LogP contribution in [-0.4, -0.2) is 25.5 Å². The molecule has 1 aromatic rings. The summed E-state index contributed by atoms with van der Waals surface area (Å²) in [5.74, 6) is -0.875. The molecule has 0 aliphatic carbocycles. The predicted molar refractivity (Wildman–Crippen MR) is 81.0 cm³/mol. The highest BCUT2D eigenvalue weighted by molar-refractivity contribution is 9.12. The van der Waals surface area contributed by atoms with E-state index in [9.17, 15) is 13.2 Å². The number of carboxylic acids is 1. The maximum absolute atomic E-state index is 12.1. The molecule has 19 heavy (non-hydrogen) atoms. The molecule has 0 amide bonds. The highest BCUT2D eigenvalue weighted by Crippen LogP contribution is 2.34. The van der Waals surface area contributed by atoms with Crippen LogP contribution in [0.15, 0.2) is 18.5 Å². The van der Waals surface area contributed by atoms with Crippen molar-refractivity contribution in [1.82, 2.24) is 4.72 Å². The van der Waals surface area contributed by atoms with Crippen LogP contribution < -0.4 is 4.72 Å². The van der Waals surface area contributed by atoms with Crippen LogP contribution in [-0.2, 0) is 14.8 Å². The Kier molecular flexibility index (Phi) is 6.44. The second-order valence-corrected chi connectivity index (χ2v) is 9.43. The van der Waals surface area contributed by atoms with E-state index < -0.39 is 16.0 Å². The number of hydrogen-bond donors (Lipinski definition) is 2. The van der Waals surface area contributed by atoms with Gasteiger partial charge in [-0.15, -0.1) is 11.3 Å². The smallest absolute Gasteiger partial charge is 0.303 e. The van der Waals surface area contributed by atoms with Crippen LogP contribution in [0.1, 0.15) is 26.2 Å². The van der Waals surface area contributed by atoms with Gasteiger partial charge in [-0.3, -0.25) is 4.79 Å². The minimum absolute atomic E-state index is 0.0414. The molecule has 0 saturated carbocycles. The Balaban J connectivity index is 2.64. The summed E-state index contributed by atoms with van der Waals surface area (Å²) in [5.41, 5.74) is 0. The fourth-order valence-corrected chi connectivity index (χ4v) is 6.54. The van der Waals surface area contributed by atoms with Crippen LogP contribution in [0.2, 0.25) is 0 Å². The number of nitrogens with one attached hydrogen (secondary N) is 1. The van der Waals surface area contributed by atoms with E-state index in [4.69, 9.17) is 5.11 Å². The van der Waals surface area contributed by atoms with Gasteiger partial charge in [0, 0.05) is 12.5 Å². The molecule has 0 radical (unpaired) electrons. The zero-order valence-electron chi connectivity index (χ0n) is 10.0. The molecule has 0 aliphatic heterocycles. The van der Waals surface area contributed by atoms with Gasteiger partial charge in [-0.05, 0) is 57.7 Å². The van der Waals surface area contributed by atoms with Gasteiger partial charge in [-0.1, -0.05) is 0 Å². The maximum Gasteiger partial charge on any atom is 0.303 e. The molecule has 0 aliphatic rings. The molecule has 0 bridgehead atoms. The van der Waals surface area contributed by atoms with E-state index in [1.165, 1.54) is 17.4 Å². The summed E-state index contributed by atoms with van der Waals surface area (Å²) in [7, 11) is -3.58. The Morgan fingerprint density at radius 1 is 1.53 bits per heavy atom. The summed E-state index contributed by atoms with van der Waals surface area (Å²) in [6, 6.07) is 1.22. The van der Waals surface area contributed by atoms with E-state index in [1.54, 1.807) is 6.92 Å². The lowest BCUT2D eigenvalue weighted by atomic mass is 10.1. The van der Waals surface area contributed by atoms with Crippen molar-refractivity contribution in [3.8, 4) is 0 Å². The summed E-state index contributed by atoms with van der Waals surface area (Å²) in [6.45, 7) is 1.72. The lowest BCUT2D eigenvalue weighted by Gasteiger charge is -2.13. The van der Waals surface area contributed by atoms with Crippen molar-refractivity contribution in [1.29, 1.82) is 0 Å². The molecule has 1 rings (SSSR count). The van der Waals surface area contributed by atoms with E-state index in [-0.39, 0.29) is 17.4 Å². The fourth-order valence-electron chi connectivity index (χ4n) is 1.46. The molecular weight excluding hydrogens is 422 g/mol. The van der Waals surface area contributed by atoms with E-state index in [0.717, 1.165) is 3.79 Å². The number of rotatable bonds is 7. The monoisotopic (exact) mass is 433 g/mol. The minimum atomic E-state index is -3.58. The standard InChI is InChI=1S/C10H13Br2NO4S2/c1-6(3-2-4-9(14)15)13-19(16,17)7-5-8(11)18-10(7)12/h5-6,13H,2-4H2,1H3,(H,14,15). The van der Waals surface area contributed by atoms with E-state index >= 15 is 0 Å². The van der Waals surface area contributed by atoms with Crippen molar-refractivity contribution in [2.75, 3.05) is 0 Å². The first kappa shape index (κ1) is 17.1. The van der Waals surface area contributed by atoms with E-state index in [1.807, 2.05) is 0 Å². The normalized spacial score (nSPS) is 13.4. The van der Waals surface area contributed by atoms with Gasteiger partial charge in [-0.25, -0.2) is 13.1 Å². The van der Waals surface area contributed by atoms with Crippen molar-refractivity contribution < 1.29 is 18.3 Å². The topological polar surface area (TPSA) is 83.5 Å². The van der Waals surface area contributed by atoms with Gasteiger partial charge in [0.05, 0.1) is 7.57 Å². The third kappa shape index (κ3) is 5.50. The van der Waals surface area contributed by atoms with Gasteiger partial charge < -0.3 is 5.11 Å². The third-order valence-corrected chi connectivity index (χ3v) is 6.64. The zero-order chi connectivity index (χ0) is 14.6. The Hall–Kier alpha value is 0.0400. The van der Waals surface area contributed by atoms with Gasteiger partial charge in [0.2, 0.25) is 10.0 Å². The molecule has 1 aromatic heterocycles. The van der Waals surface area contributed by atoms with Crippen molar-refractivity contribution >= 4 is 59.2 Å². The lowest BCUT2D eigenvalue weighted by Crippen LogP contribution is -2.32. The summed E-state index contributed by atoms with van der Waals surface area (Å²) in [5, 5.41) is 8.53. The molecule has 2 N–H and O–H groups in total. The molecule has 0 saturated heterocycles. The molecular formula is C10H13Br2NO4S2. The van der Waals surface area contributed by atoms with Gasteiger partial charge in [-0.2, -0.15) is 0 Å². The maximum atomic E-state index is 12.1. The van der Waals surface area contributed by atoms with Crippen LogP contribution in [0.4, 0.5) is 0 Å². The number of carbonyl (C=O) groups is 1. The van der Waals surface area contributed by atoms with Crippen molar-refractivity contribution in [3.05, 3.63) is 13.6 Å². The van der Waals surface area contributed by atoms with Gasteiger partial charge in [0.15, 0.2) is 0 Å². The van der Waals surface area contributed by atoms with E-state index in [0.29, 0.717) is 16.6 Å². The quantitative estimate of drug-likeness (QED) is 0.690. The molecule has 0 aromatic carbocycles. The van der Waals surface area contributed by atoms with Crippen molar-refractivity contribution in [2.24, 2.45) is 0 Å². The molecule has 5 nitrogen and oxygen atoms in total. The SMILES string of the molecule is CC(CCCC(=O)O)NS(=O)(=O)c1cc(Br)sc1Br. The first-order chi connectivity index (χ1) is 8.72. The number of sulfonamides is 1. The summed E-state index contributed by atoms with van der Waals surface area (Å²) >= 11 is 7.72. The van der Waals surface area contributed by atoms with Crippen LogP contribution in [0.5, 0.6) is 0 Å². The minimum Gasteiger partial charge on any atom is -0.481 e. The molecule has 1 heterocycles. The van der Waals surface area contributed by atoms with Gasteiger partial charge in [0.1, 0.15) is 4.90 Å².